The second kappa shape index (κ2) is 8.36. The summed E-state index contributed by atoms with van der Waals surface area (Å²) in [6, 6.07) is 8.08. The molecule has 1 aromatic carbocycles. The van der Waals surface area contributed by atoms with Gasteiger partial charge in [0.15, 0.2) is 0 Å². The Kier molecular flexibility index (Phi) is 6.64. The topological polar surface area (TPSA) is 37.3 Å². The third-order valence-electron chi connectivity index (χ3n) is 2.75. The number of unbranched alkanes of at least 4 members (excludes halogenated alkanes) is 3. The molecule has 0 atom stereocenters. The molecule has 2 heteroatoms. The van der Waals surface area contributed by atoms with E-state index in [9.17, 15) is 4.79 Å². The molecule has 0 amide bonds. The predicted molar refractivity (Wildman–Crippen MR) is 73.4 cm³/mol. The van der Waals surface area contributed by atoms with E-state index in [0.717, 1.165) is 12.0 Å². The van der Waals surface area contributed by atoms with E-state index in [1.807, 2.05) is 12.1 Å². The average molecular weight is 244 g/mol. The van der Waals surface area contributed by atoms with Gasteiger partial charge in [0.25, 0.3) is 0 Å². The van der Waals surface area contributed by atoms with Gasteiger partial charge in [0, 0.05) is 5.56 Å². The zero-order valence-electron chi connectivity index (χ0n) is 10.9. The summed E-state index contributed by atoms with van der Waals surface area (Å²) in [6.07, 6.45) is 6.10. The molecule has 1 N–H and O–H groups in total. The van der Waals surface area contributed by atoms with Crippen LogP contribution in [0.3, 0.4) is 0 Å². The molecule has 0 spiro atoms. The van der Waals surface area contributed by atoms with E-state index in [0.29, 0.717) is 0 Å². The number of aliphatic carboxylic acids is 1. The van der Waals surface area contributed by atoms with E-state index in [1.54, 1.807) is 0 Å². The minimum absolute atomic E-state index is 0.0984. The zero-order valence-corrected chi connectivity index (χ0v) is 10.9. The first kappa shape index (κ1) is 14.3. The number of benzene rings is 1. The van der Waals surface area contributed by atoms with Crippen LogP contribution in [0.4, 0.5) is 0 Å². The van der Waals surface area contributed by atoms with Gasteiger partial charge in [-0.1, -0.05) is 50.2 Å². The summed E-state index contributed by atoms with van der Waals surface area (Å²) >= 11 is 0. The van der Waals surface area contributed by atoms with Crippen molar-refractivity contribution in [3.8, 4) is 11.8 Å². The van der Waals surface area contributed by atoms with Gasteiger partial charge < -0.3 is 5.11 Å². The van der Waals surface area contributed by atoms with Crippen LogP contribution in [0.5, 0.6) is 0 Å². The molecule has 0 bridgehead atoms. The number of hydrogen-bond acceptors (Lipinski definition) is 1. The van der Waals surface area contributed by atoms with E-state index >= 15 is 0 Å². The number of carbonyl (C=O) groups is 1. The van der Waals surface area contributed by atoms with Crippen molar-refractivity contribution in [1.82, 2.24) is 0 Å². The van der Waals surface area contributed by atoms with Crippen molar-refractivity contribution in [2.45, 2.75) is 45.4 Å². The summed E-state index contributed by atoms with van der Waals surface area (Å²) in [5, 5.41) is 8.47. The first-order valence-corrected chi connectivity index (χ1v) is 6.52. The van der Waals surface area contributed by atoms with E-state index in [2.05, 4.69) is 30.9 Å². The molecular weight excluding hydrogens is 224 g/mol. The van der Waals surface area contributed by atoms with Crippen LogP contribution < -0.4 is 0 Å². The van der Waals surface area contributed by atoms with Gasteiger partial charge in [0.2, 0.25) is 0 Å². The predicted octanol–water partition coefficient (Wildman–Crippen LogP) is 3.64. The van der Waals surface area contributed by atoms with Crippen LogP contribution in [-0.4, -0.2) is 11.1 Å². The Morgan fingerprint density at radius 1 is 1.17 bits per heavy atom. The van der Waals surface area contributed by atoms with Gasteiger partial charge in [0.1, 0.15) is 6.42 Å². The molecule has 0 aliphatic heterocycles. The lowest BCUT2D eigenvalue weighted by Crippen LogP contribution is -1.90. The zero-order chi connectivity index (χ0) is 13.2. The van der Waals surface area contributed by atoms with Crippen molar-refractivity contribution in [2.75, 3.05) is 0 Å². The maximum absolute atomic E-state index is 10.3. The Balaban J connectivity index is 2.41. The van der Waals surface area contributed by atoms with Crippen LogP contribution in [0.1, 0.15) is 50.2 Å². The highest BCUT2D eigenvalue weighted by atomic mass is 16.4. The third kappa shape index (κ3) is 6.10. The van der Waals surface area contributed by atoms with E-state index in [4.69, 9.17) is 5.11 Å². The summed E-state index contributed by atoms with van der Waals surface area (Å²) in [7, 11) is 0. The Labute approximate surface area is 109 Å². The fourth-order valence-electron chi connectivity index (χ4n) is 1.73. The van der Waals surface area contributed by atoms with Crippen LogP contribution in [0.25, 0.3) is 0 Å². The van der Waals surface area contributed by atoms with Crippen LogP contribution in [0.2, 0.25) is 0 Å². The fourth-order valence-corrected chi connectivity index (χ4v) is 1.73. The maximum atomic E-state index is 10.3. The van der Waals surface area contributed by atoms with Gasteiger partial charge in [-0.25, -0.2) is 0 Å². The Hall–Kier alpha value is -1.75. The lowest BCUT2D eigenvalue weighted by molar-refractivity contribution is -0.135. The number of carboxylic acid groups (broad SMARTS) is 1. The SMILES string of the molecule is CCCCCCc1ccc(C#CCC(=O)O)cc1. The summed E-state index contributed by atoms with van der Waals surface area (Å²) in [6.45, 7) is 2.21. The first-order valence-electron chi connectivity index (χ1n) is 6.52. The molecule has 18 heavy (non-hydrogen) atoms. The fraction of sp³-hybridized carbons (Fsp3) is 0.438. The van der Waals surface area contributed by atoms with Gasteiger partial charge in [-0.05, 0) is 30.5 Å². The van der Waals surface area contributed by atoms with Gasteiger partial charge in [-0.3, -0.25) is 4.79 Å². The number of aryl methyl sites for hydroxylation is 1. The van der Waals surface area contributed by atoms with E-state index < -0.39 is 5.97 Å². The van der Waals surface area contributed by atoms with Crippen LogP contribution in [0, 0.1) is 11.8 Å². The Morgan fingerprint density at radius 2 is 1.89 bits per heavy atom. The highest BCUT2D eigenvalue weighted by molar-refractivity contribution is 5.70. The summed E-state index contributed by atoms with van der Waals surface area (Å²) in [5.41, 5.74) is 2.21. The molecule has 0 fully saturated rings. The van der Waals surface area contributed by atoms with Crippen molar-refractivity contribution in [1.29, 1.82) is 0 Å². The summed E-state index contributed by atoms with van der Waals surface area (Å²) in [5.74, 6) is 4.60. The number of carboxylic acids is 1. The third-order valence-corrected chi connectivity index (χ3v) is 2.75. The highest BCUT2D eigenvalue weighted by Crippen LogP contribution is 2.09. The molecular formula is C16H20O2. The molecule has 0 aliphatic rings. The molecule has 0 saturated carbocycles. The lowest BCUT2D eigenvalue weighted by atomic mass is 10.0. The van der Waals surface area contributed by atoms with Crippen molar-refractivity contribution in [3.63, 3.8) is 0 Å². The molecule has 1 aromatic rings. The van der Waals surface area contributed by atoms with Gasteiger partial charge in [0.05, 0.1) is 0 Å². The first-order chi connectivity index (χ1) is 8.72. The minimum Gasteiger partial charge on any atom is -0.481 e. The molecule has 0 saturated heterocycles. The second-order valence-electron chi connectivity index (χ2n) is 4.38. The van der Waals surface area contributed by atoms with Crippen LogP contribution in [0.15, 0.2) is 24.3 Å². The summed E-state index contributed by atoms with van der Waals surface area (Å²) < 4.78 is 0. The van der Waals surface area contributed by atoms with Crippen molar-refractivity contribution < 1.29 is 9.90 Å². The lowest BCUT2D eigenvalue weighted by Gasteiger charge is -2.01. The smallest absolute Gasteiger partial charge is 0.315 e. The molecule has 0 aliphatic carbocycles. The average Bonchev–Trinajstić information content (AvgIpc) is 2.36. The second-order valence-corrected chi connectivity index (χ2v) is 4.38. The highest BCUT2D eigenvalue weighted by Gasteiger charge is 1.94. The van der Waals surface area contributed by atoms with Gasteiger partial charge in [-0.2, -0.15) is 0 Å². The standard InChI is InChI=1S/C16H20O2/c1-2-3-4-5-7-14-10-12-15(13-11-14)8-6-9-16(17)18/h10-13H,2-5,7,9H2,1H3,(H,17,18). The Bertz CT molecular complexity index is 421. The van der Waals surface area contributed by atoms with E-state index in [1.165, 1.54) is 31.2 Å². The van der Waals surface area contributed by atoms with Crippen LogP contribution >= 0.6 is 0 Å². The maximum Gasteiger partial charge on any atom is 0.315 e. The van der Waals surface area contributed by atoms with Gasteiger partial charge >= 0.3 is 5.97 Å². The van der Waals surface area contributed by atoms with Gasteiger partial charge in [-0.15, -0.1) is 0 Å². The van der Waals surface area contributed by atoms with Crippen molar-refractivity contribution in [3.05, 3.63) is 35.4 Å². The quantitative estimate of drug-likeness (QED) is 0.613. The molecule has 2 nitrogen and oxygen atoms in total. The summed E-state index contributed by atoms with van der Waals surface area (Å²) in [4.78, 5) is 10.3. The molecule has 0 unspecified atom stereocenters. The molecule has 96 valence electrons. The van der Waals surface area contributed by atoms with E-state index in [-0.39, 0.29) is 6.42 Å². The van der Waals surface area contributed by atoms with Crippen LogP contribution in [-0.2, 0) is 11.2 Å². The van der Waals surface area contributed by atoms with Crippen molar-refractivity contribution in [2.24, 2.45) is 0 Å². The normalized spacial score (nSPS) is 9.61. The number of rotatable bonds is 6. The van der Waals surface area contributed by atoms with Crippen molar-refractivity contribution >= 4 is 5.97 Å². The monoisotopic (exact) mass is 244 g/mol. The number of hydrogen-bond donors (Lipinski definition) is 1. The molecule has 0 aromatic heterocycles. The largest absolute Gasteiger partial charge is 0.481 e. The molecule has 1 rings (SSSR count). The minimum atomic E-state index is -0.880. The molecule has 0 heterocycles. The Morgan fingerprint density at radius 3 is 2.50 bits per heavy atom. The molecule has 0 radical (unpaired) electrons.